The number of aromatic hydroxyl groups is 1. The normalized spacial score (nSPS) is 31.6. The van der Waals surface area contributed by atoms with Gasteiger partial charge in [0.2, 0.25) is 0 Å². The van der Waals surface area contributed by atoms with Crippen LogP contribution in [0.2, 0.25) is 0 Å². The van der Waals surface area contributed by atoms with Gasteiger partial charge in [-0.1, -0.05) is 12.1 Å². The SMILES string of the molecule is C[C@H]1C[C@H](c2ccc(O)cc2)CC2(CC2)N1. The lowest BCUT2D eigenvalue weighted by Gasteiger charge is -2.35. The van der Waals surface area contributed by atoms with E-state index < -0.39 is 0 Å². The van der Waals surface area contributed by atoms with Crippen LogP contribution in [0.25, 0.3) is 0 Å². The van der Waals surface area contributed by atoms with Crippen LogP contribution >= 0.6 is 0 Å². The highest BCUT2D eigenvalue weighted by Crippen LogP contribution is 2.48. The lowest BCUT2D eigenvalue weighted by atomic mass is 9.82. The van der Waals surface area contributed by atoms with Crippen LogP contribution in [-0.4, -0.2) is 16.7 Å². The highest BCUT2D eigenvalue weighted by atomic mass is 16.3. The summed E-state index contributed by atoms with van der Waals surface area (Å²) in [6, 6.07) is 8.39. The molecule has 1 saturated heterocycles. The molecule has 1 aliphatic carbocycles. The lowest BCUT2D eigenvalue weighted by molar-refractivity contribution is 0.287. The first-order chi connectivity index (χ1) is 7.67. The van der Waals surface area contributed by atoms with Gasteiger partial charge in [-0.3, -0.25) is 0 Å². The molecule has 86 valence electrons. The highest BCUT2D eigenvalue weighted by molar-refractivity contribution is 5.30. The van der Waals surface area contributed by atoms with Crippen LogP contribution < -0.4 is 5.32 Å². The first-order valence-corrected chi connectivity index (χ1v) is 6.24. The van der Waals surface area contributed by atoms with Crippen molar-refractivity contribution in [2.75, 3.05) is 0 Å². The minimum Gasteiger partial charge on any atom is -0.508 e. The zero-order chi connectivity index (χ0) is 11.2. The highest BCUT2D eigenvalue weighted by Gasteiger charge is 2.47. The van der Waals surface area contributed by atoms with Gasteiger partial charge >= 0.3 is 0 Å². The maximum absolute atomic E-state index is 9.31. The molecule has 1 aromatic carbocycles. The second-order valence-corrected chi connectivity index (χ2v) is 5.55. The van der Waals surface area contributed by atoms with Crippen molar-refractivity contribution >= 4 is 0 Å². The van der Waals surface area contributed by atoms with E-state index in [4.69, 9.17) is 0 Å². The fourth-order valence-electron chi connectivity index (χ4n) is 3.12. The molecule has 2 nitrogen and oxygen atoms in total. The maximum atomic E-state index is 9.31. The molecule has 0 bridgehead atoms. The van der Waals surface area contributed by atoms with E-state index in [0.717, 1.165) is 0 Å². The van der Waals surface area contributed by atoms with Crippen molar-refractivity contribution in [1.29, 1.82) is 0 Å². The summed E-state index contributed by atoms with van der Waals surface area (Å²) in [5.41, 5.74) is 1.85. The van der Waals surface area contributed by atoms with Crippen LogP contribution in [0, 0.1) is 0 Å². The summed E-state index contributed by atoms with van der Waals surface area (Å²) in [5.74, 6) is 1.03. The topological polar surface area (TPSA) is 32.3 Å². The van der Waals surface area contributed by atoms with Gasteiger partial charge in [-0.25, -0.2) is 0 Å². The summed E-state index contributed by atoms with van der Waals surface area (Å²) in [6.45, 7) is 2.28. The third kappa shape index (κ3) is 1.82. The zero-order valence-corrected chi connectivity index (χ0v) is 9.74. The Bertz CT molecular complexity index is 380. The average Bonchev–Trinajstić information content (AvgIpc) is 2.97. The second-order valence-electron chi connectivity index (χ2n) is 5.55. The smallest absolute Gasteiger partial charge is 0.115 e. The second kappa shape index (κ2) is 3.49. The van der Waals surface area contributed by atoms with Gasteiger partial charge in [0.25, 0.3) is 0 Å². The fourth-order valence-corrected chi connectivity index (χ4v) is 3.12. The molecular formula is C14H19NO. The molecule has 0 radical (unpaired) electrons. The Balaban J connectivity index is 1.81. The summed E-state index contributed by atoms with van der Waals surface area (Å²) in [7, 11) is 0. The van der Waals surface area contributed by atoms with Crippen molar-refractivity contribution in [2.45, 2.75) is 50.1 Å². The van der Waals surface area contributed by atoms with Crippen LogP contribution in [0.3, 0.4) is 0 Å². The van der Waals surface area contributed by atoms with Crippen LogP contribution in [0.15, 0.2) is 24.3 Å². The Labute approximate surface area is 96.7 Å². The number of hydrogen-bond donors (Lipinski definition) is 2. The van der Waals surface area contributed by atoms with E-state index in [1.54, 1.807) is 0 Å². The Kier molecular flexibility index (Phi) is 2.21. The summed E-state index contributed by atoms with van der Waals surface area (Å²) in [6.07, 6.45) is 5.16. The molecule has 0 unspecified atom stereocenters. The molecule has 2 fully saturated rings. The Morgan fingerprint density at radius 2 is 1.94 bits per heavy atom. The van der Waals surface area contributed by atoms with Crippen molar-refractivity contribution in [3.05, 3.63) is 29.8 Å². The van der Waals surface area contributed by atoms with E-state index in [0.29, 0.717) is 23.2 Å². The monoisotopic (exact) mass is 217 g/mol. The van der Waals surface area contributed by atoms with Crippen molar-refractivity contribution in [1.82, 2.24) is 5.32 Å². The van der Waals surface area contributed by atoms with Gasteiger partial charge in [-0.2, -0.15) is 0 Å². The molecule has 1 spiro atoms. The molecule has 1 saturated carbocycles. The van der Waals surface area contributed by atoms with Gasteiger partial charge < -0.3 is 10.4 Å². The number of rotatable bonds is 1. The molecule has 3 rings (SSSR count). The summed E-state index contributed by atoms with van der Waals surface area (Å²) in [5, 5.41) is 13.0. The van der Waals surface area contributed by atoms with Crippen LogP contribution in [0.1, 0.15) is 44.1 Å². The van der Waals surface area contributed by atoms with E-state index in [-0.39, 0.29) is 0 Å². The van der Waals surface area contributed by atoms with E-state index >= 15 is 0 Å². The molecule has 1 aromatic rings. The third-order valence-corrected chi connectivity index (χ3v) is 4.05. The minimum atomic E-state index is 0.367. The van der Waals surface area contributed by atoms with Crippen molar-refractivity contribution in [3.63, 3.8) is 0 Å². The van der Waals surface area contributed by atoms with Gasteiger partial charge in [0, 0.05) is 11.6 Å². The van der Waals surface area contributed by atoms with E-state index in [9.17, 15) is 5.11 Å². The number of phenolic OH excluding ortho intramolecular Hbond substituents is 1. The van der Waals surface area contributed by atoms with Gasteiger partial charge in [0.1, 0.15) is 5.75 Å². The average molecular weight is 217 g/mol. The Morgan fingerprint density at radius 3 is 2.56 bits per heavy atom. The van der Waals surface area contributed by atoms with E-state index in [2.05, 4.69) is 24.4 Å². The molecule has 2 heteroatoms. The predicted octanol–water partition coefficient (Wildman–Crippen LogP) is 2.78. The molecule has 0 amide bonds. The van der Waals surface area contributed by atoms with Crippen LogP contribution in [-0.2, 0) is 0 Å². The number of phenols is 1. The van der Waals surface area contributed by atoms with Gasteiger partial charge in [-0.05, 0) is 56.2 Å². The first kappa shape index (κ1) is 10.2. The maximum Gasteiger partial charge on any atom is 0.115 e. The van der Waals surface area contributed by atoms with Crippen LogP contribution in [0.4, 0.5) is 0 Å². The van der Waals surface area contributed by atoms with Gasteiger partial charge in [0.15, 0.2) is 0 Å². The van der Waals surface area contributed by atoms with E-state index in [1.165, 1.54) is 31.2 Å². The summed E-state index contributed by atoms with van der Waals surface area (Å²) in [4.78, 5) is 0. The molecule has 0 aromatic heterocycles. The summed E-state index contributed by atoms with van der Waals surface area (Å²) < 4.78 is 0. The number of benzene rings is 1. The van der Waals surface area contributed by atoms with Crippen molar-refractivity contribution in [2.24, 2.45) is 0 Å². The molecule has 2 aliphatic rings. The van der Waals surface area contributed by atoms with Crippen molar-refractivity contribution in [3.8, 4) is 5.75 Å². The van der Waals surface area contributed by atoms with Gasteiger partial charge in [-0.15, -0.1) is 0 Å². The largest absolute Gasteiger partial charge is 0.508 e. The molecule has 2 N–H and O–H groups in total. The predicted molar refractivity (Wildman–Crippen MR) is 64.6 cm³/mol. The lowest BCUT2D eigenvalue weighted by Crippen LogP contribution is -2.45. The number of piperidine rings is 1. The Morgan fingerprint density at radius 1 is 1.25 bits per heavy atom. The zero-order valence-electron chi connectivity index (χ0n) is 9.74. The molecule has 1 heterocycles. The molecule has 2 atom stereocenters. The Hall–Kier alpha value is -1.02. The first-order valence-electron chi connectivity index (χ1n) is 6.24. The minimum absolute atomic E-state index is 0.367. The number of hydrogen-bond acceptors (Lipinski definition) is 2. The molecule has 1 aliphatic heterocycles. The fraction of sp³-hybridized carbons (Fsp3) is 0.571. The number of nitrogens with one attached hydrogen (secondary N) is 1. The standard InChI is InChI=1S/C14H19NO/c1-10-8-12(9-14(15-10)6-7-14)11-2-4-13(16)5-3-11/h2-5,10,12,15-16H,6-9H2,1H3/t10-,12-/m0/s1. The van der Waals surface area contributed by atoms with Gasteiger partial charge in [0.05, 0.1) is 0 Å². The third-order valence-electron chi connectivity index (χ3n) is 4.05. The van der Waals surface area contributed by atoms with E-state index in [1.807, 2.05) is 12.1 Å². The molecular weight excluding hydrogens is 198 g/mol. The summed E-state index contributed by atoms with van der Waals surface area (Å²) >= 11 is 0. The van der Waals surface area contributed by atoms with Crippen LogP contribution in [0.5, 0.6) is 5.75 Å². The quantitative estimate of drug-likeness (QED) is 0.758. The van der Waals surface area contributed by atoms with Crippen molar-refractivity contribution < 1.29 is 5.11 Å². The molecule has 16 heavy (non-hydrogen) atoms.